The molecule has 1 aromatic carbocycles. The SMILES string of the molecule is NCC(O)Oc1ccc(O)c(OC(O)CN)c1. The molecule has 0 saturated heterocycles. The molecule has 96 valence electrons. The lowest BCUT2D eigenvalue weighted by Crippen LogP contribution is -2.26. The Morgan fingerprint density at radius 2 is 1.65 bits per heavy atom. The maximum Gasteiger partial charge on any atom is 0.210 e. The molecule has 17 heavy (non-hydrogen) atoms. The van der Waals surface area contributed by atoms with Gasteiger partial charge in [-0.25, -0.2) is 0 Å². The molecule has 0 aliphatic carbocycles. The van der Waals surface area contributed by atoms with Gasteiger partial charge in [0.25, 0.3) is 0 Å². The quantitative estimate of drug-likeness (QED) is 0.393. The zero-order chi connectivity index (χ0) is 12.8. The molecule has 1 aromatic rings. The van der Waals surface area contributed by atoms with E-state index in [0.717, 1.165) is 0 Å². The van der Waals surface area contributed by atoms with E-state index in [2.05, 4.69) is 0 Å². The van der Waals surface area contributed by atoms with E-state index < -0.39 is 12.6 Å². The fourth-order valence-corrected chi connectivity index (χ4v) is 1.06. The second kappa shape index (κ2) is 6.26. The van der Waals surface area contributed by atoms with Crippen LogP contribution in [0.5, 0.6) is 17.2 Å². The molecule has 0 aromatic heterocycles. The first-order valence-corrected chi connectivity index (χ1v) is 4.99. The zero-order valence-electron chi connectivity index (χ0n) is 9.11. The minimum atomic E-state index is -1.23. The first-order valence-electron chi connectivity index (χ1n) is 4.99. The van der Waals surface area contributed by atoms with Gasteiger partial charge in [-0.1, -0.05) is 0 Å². The third kappa shape index (κ3) is 4.08. The first kappa shape index (κ1) is 13.5. The molecule has 0 fully saturated rings. The molecule has 0 amide bonds. The van der Waals surface area contributed by atoms with Gasteiger partial charge < -0.3 is 36.3 Å². The highest BCUT2D eigenvalue weighted by atomic mass is 16.6. The summed E-state index contributed by atoms with van der Waals surface area (Å²) in [5.74, 6) is 0.0803. The molecule has 0 aliphatic heterocycles. The molecule has 0 radical (unpaired) electrons. The second-order valence-electron chi connectivity index (χ2n) is 3.25. The van der Waals surface area contributed by atoms with Crippen LogP contribution >= 0.6 is 0 Å². The number of ether oxygens (including phenoxy) is 2. The van der Waals surface area contributed by atoms with E-state index in [0.29, 0.717) is 0 Å². The molecule has 0 spiro atoms. The summed E-state index contributed by atoms with van der Waals surface area (Å²) in [5.41, 5.74) is 10.3. The molecule has 0 aliphatic rings. The van der Waals surface area contributed by atoms with Crippen LogP contribution in [0.15, 0.2) is 18.2 Å². The van der Waals surface area contributed by atoms with Crippen molar-refractivity contribution < 1.29 is 24.8 Å². The van der Waals surface area contributed by atoms with Crippen molar-refractivity contribution in [1.82, 2.24) is 0 Å². The van der Waals surface area contributed by atoms with Gasteiger partial charge in [-0.2, -0.15) is 0 Å². The Morgan fingerprint density at radius 1 is 1.06 bits per heavy atom. The lowest BCUT2D eigenvalue weighted by atomic mass is 10.3. The largest absolute Gasteiger partial charge is 0.504 e. The highest BCUT2D eigenvalue weighted by molar-refractivity contribution is 5.44. The average molecular weight is 244 g/mol. The van der Waals surface area contributed by atoms with Gasteiger partial charge >= 0.3 is 0 Å². The van der Waals surface area contributed by atoms with Crippen molar-refractivity contribution >= 4 is 0 Å². The minimum absolute atomic E-state index is 0.00433. The van der Waals surface area contributed by atoms with E-state index in [4.69, 9.17) is 20.9 Å². The van der Waals surface area contributed by atoms with Crippen molar-refractivity contribution in [1.29, 1.82) is 0 Å². The maximum absolute atomic E-state index is 9.45. The summed E-state index contributed by atoms with van der Waals surface area (Å²) in [7, 11) is 0. The van der Waals surface area contributed by atoms with E-state index in [1.807, 2.05) is 0 Å². The van der Waals surface area contributed by atoms with Crippen molar-refractivity contribution in [2.45, 2.75) is 12.6 Å². The fraction of sp³-hybridized carbons (Fsp3) is 0.400. The molecular weight excluding hydrogens is 228 g/mol. The maximum atomic E-state index is 9.45. The molecule has 7 heteroatoms. The van der Waals surface area contributed by atoms with Gasteiger partial charge in [-0.05, 0) is 12.1 Å². The molecule has 0 bridgehead atoms. The smallest absolute Gasteiger partial charge is 0.210 e. The summed E-state index contributed by atoms with van der Waals surface area (Å²) in [6.07, 6.45) is -2.37. The number of nitrogens with two attached hydrogens (primary N) is 2. The number of phenols is 1. The standard InChI is InChI=1S/C10H16N2O5/c11-4-9(14)16-6-1-2-7(13)8(3-6)17-10(15)5-12/h1-3,9-10,13-15H,4-5,11-12H2. The third-order valence-corrected chi connectivity index (χ3v) is 1.87. The number of aliphatic hydroxyl groups excluding tert-OH is 2. The van der Waals surface area contributed by atoms with Gasteiger partial charge in [-0.3, -0.25) is 0 Å². The summed E-state index contributed by atoms with van der Waals surface area (Å²) in [5, 5.41) is 27.8. The molecular formula is C10H16N2O5. The van der Waals surface area contributed by atoms with Gasteiger partial charge in [0.2, 0.25) is 12.6 Å². The number of rotatable bonds is 6. The molecule has 7 N–H and O–H groups in total. The second-order valence-corrected chi connectivity index (χ2v) is 3.25. The predicted molar refractivity (Wildman–Crippen MR) is 59.5 cm³/mol. The van der Waals surface area contributed by atoms with Crippen LogP contribution in [0, 0.1) is 0 Å². The van der Waals surface area contributed by atoms with E-state index in [9.17, 15) is 15.3 Å². The highest BCUT2D eigenvalue weighted by Crippen LogP contribution is 2.31. The van der Waals surface area contributed by atoms with Crippen molar-refractivity contribution in [3.63, 3.8) is 0 Å². The van der Waals surface area contributed by atoms with Crippen LogP contribution in [0.2, 0.25) is 0 Å². The average Bonchev–Trinajstić information content (AvgIpc) is 2.33. The summed E-state index contributed by atoms with van der Waals surface area (Å²) in [4.78, 5) is 0. The highest BCUT2D eigenvalue weighted by Gasteiger charge is 2.11. The van der Waals surface area contributed by atoms with Crippen molar-refractivity contribution in [2.24, 2.45) is 11.5 Å². The number of phenolic OH excluding ortho intramolecular Hbond substituents is 1. The number of hydrogen-bond donors (Lipinski definition) is 5. The van der Waals surface area contributed by atoms with Gasteiger partial charge in [-0.15, -0.1) is 0 Å². The van der Waals surface area contributed by atoms with Crippen molar-refractivity contribution in [3.05, 3.63) is 18.2 Å². The van der Waals surface area contributed by atoms with E-state index in [1.165, 1.54) is 18.2 Å². The van der Waals surface area contributed by atoms with Crippen LogP contribution in [0.25, 0.3) is 0 Å². The van der Waals surface area contributed by atoms with Gasteiger partial charge in [0.05, 0.1) is 13.1 Å². The first-order chi connectivity index (χ1) is 8.06. The van der Waals surface area contributed by atoms with Gasteiger partial charge in [0, 0.05) is 6.07 Å². The number of hydrogen-bond acceptors (Lipinski definition) is 7. The van der Waals surface area contributed by atoms with Crippen LogP contribution < -0.4 is 20.9 Å². The minimum Gasteiger partial charge on any atom is -0.504 e. The Balaban J connectivity index is 2.79. The van der Waals surface area contributed by atoms with E-state index in [-0.39, 0.29) is 30.3 Å². The van der Waals surface area contributed by atoms with Crippen LogP contribution in [-0.2, 0) is 0 Å². The monoisotopic (exact) mass is 244 g/mol. The molecule has 2 atom stereocenters. The summed E-state index contributed by atoms with van der Waals surface area (Å²) in [6.45, 7) is -0.182. The Morgan fingerprint density at radius 3 is 2.24 bits per heavy atom. The summed E-state index contributed by atoms with van der Waals surface area (Å²) >= 11 is 0. The zero-order valence-corrected chi connectivity index (χ0v) is 9.11. The third-order valence-electron chi connectivity index (χ3n) is 1.87. The molecule has 1 rings (SSSR count). The Labute approximate surface area is 98.2 Å². The van der Waals surface area contributed by atoms with Crippen molar-refractivity contribution in [2.75, 3.05) is 13.1 Å². The normalized spacial score (nSPS) is 14.1. The van der Waals surface area contributed by atoms with Gasteiger partial charge in [0.1, 0.15) is 5.75 Å². The summed E-state index contributed by atoms with van der Waals surface area (Å²) in [6, 6.07) is 4.04. The Hall–Kier alpha value is -1.54. The van der Waals surface area contributed by atoms with Crippen LogP contribution in [0.1, 0.15) is 0 Å². The van der Waals surface area contributed by atoms with Crippen LogP contribution in [-0.4, -0.2) is 41.0 Å². The molecule has 0 saturated carbocycles. The number of aliphatic hydroxyl groups is 2. The van der Waals surface area contributed by atoms with E-state index in [1.54, 1.807) is 0 Å². The van der Waals surface area contributed by atoms with Crippen LogP contribution in [0.3, 0.4) is 0 Å². The molecule has 2 unspecified atom stereocenters. The topological polar surface area (TPSA) is 131 Å². The lowest BCUT2D eigenvalue weighted by Gasteiger charge is -2.15. The molecule has 7 nitrogen and oxygen atoms in total. The summed E-state index contributed by atoms with van der Waals surface area (Å²) < 4.78 is 9.94. The van der Waals surface area contributed by atoms with Crippen LogP contribution in [0.4, 0.5) is 0 Å². The predicted octanol–water partition coefficient (Wildman–Crippen LogP) is -1.30. The number of benzene rings is 1. The number of aromatic hydroxyl groups is 1. The van der Waals surface area contributed by atoms with Gasteiger partial charge in [0.15, 0.2) is 11.5 Å². The van der Waals surface area contributed by atoms with E-state index >= 15 is 0 Å². The Bertz CT molecular complexity index is 361. The van der Waals surface area contributed by atoms with Crippen molar-refractivity contribution in [3.8, 4) is 17.2 Å². The molecule has 0 heterocycles. The fourth-order valence-electron chi connectivity index (χ4n) is 1.06. The lowest BCUT2D eigenvalue weighted by molar-refractivity contribution is -0.0147. The Kier molecular flexibility index (Phi) is 4.98.